The number of aliphatic hydroxyl groups is 1. The van der Waals surface area contributed by atoms with Gasteiger partial charge in [-0.1, -0.05) is 11.6 Å². The maximum absolute atomic E-state index is 13.1. The van der Waals surface area contributed by atoms with Crippen LogP contribution in [0.2, 0.25) is 0 Å². The van der Waals surface area contributed by atoms with Crippen molar-refractivity contribution in [1.82, 2.24) is 19.7 Å². The summed E-state index contributed by atoms with van der Waals surface area (Å²) in [6.07, 6.45) is -5.01. The van der Waals surface area contributed by atoms with Crippen molar-refractivity contribution >= 4 is 28.4 Å². The predicted molar refractivity (Wildman–Crippen MR) is 120 cm³/mol. The molecular formula is C23H21F3N6O2. The first-order valence-electron chi connectivity index (χ1n) is 10.2. The van der Waals surface area contributed by atoms with E-state index in [1.807, 2.05) is 0 Å². The molecule has 0 spiro atoms. The molecule has 0 fully saturated rings. The van der Waals surface area contributed by atoms with Crippen molar-refractivity contribution in [3.05, 3.63) is 70.7 Å². The van der Waals surface area contributed by atoms with Crippen LogP contribution in [0.25, 0.3) is 16.7 Å². The van der Waals surface area contributed by atoms with E-state index in [2.05, 4.69) is 20.4 Å². The second-order valence-corrected chi connectivity index (χ2v) is 7.98. The second-order valence-electron chi connectivity index (χ2n) is 7.98. The van der Waals surface area contributed by atoms with Crippen molar-refractivity contribution < 1.29 is 23.1 Å². The molecule has 0 unspecified atom stereocenters. The normalized spacial score (nSPS) is 12.7. The third-order valence-electron chi connectivity index (χ3n) is 5.34. The van der Waals surface area contributed by atoms with Crippen LogP contribution < -0.4 is 11.1 Å². The Morgan fingerprint density at radius 2 is 1.85 bits per heavy atom. The molecule has 11 heteroatoms. The standard InChI is InChI=1S/C23H21F3N6O2/c1-11-6-14(9-15(7-11)23(24,25)26)20(33)22(34)30-16-4-5-17(12(2)8-16)32-19-18(13(3)31-32)28-10-29-21(19)27/h4-10,20,33H,1-3H3,(H,30,34)(H2,27,28,29)/t20-/m1/s1. The van der Waals surface area contributed by atoms with E-state index in [0.717, 1.165) is 17.7 Å². The number of nitrogens with one attached hydrogen (secondary N) is 1. The van der Waals surface area contributed by atoms with Crippen molar-refractivity contribution in [3.63, 3.8) is 0 Å². The fraction of sp³-hybridized carbons (Fsp3) is 0.217. The number of benzene rings is 2. The zero-order valence-corrected chi connectivity index (χ0v) is 18.5. The average Bonchev–Trinajstić information content (AvgIpc) is 3.10. The molecule has 2 aromatic heterocycles. The number of carbonyl (C=O) groups is 1. The van der Waals surface area contributed by atoms with E-state index in [9.17, 15) is 23.1 Å². The molecule has 0 saturated carbocycles. The molecule has 0 aliphatic rings. The van der Waals surface area contributed by atoms with Gasteiger partial charge in [0, 0.05) is 5.69 Å². The lowest BCUT2D eigenvalue weighted by molar-refractivity contribution is -0.138. The molecule has 4 rings (SSSR count). The Balaban J connectivity index is 1.61. The van der Waals surface area contributed by atoms with Crippen LogP contribution in [0, 0.1) is 20.8 Å². The molecule has 4 N–H and O–H groups in total. The van der Waals surface area contributed by atoms with Gasteiger partial charge in [0.25, 0.3) is 5.91 Å². The highest BCUT2D eigenvalue weighted by Crippen LogP contribution is 2.32. The molecule has 0 radical (unpaired) electrons. The summed E-state index contributed by atoms with van der Waals surface area (Å²) in [6, 6.07) is 8.00. The van der Waals surface area contributed by atoms with Crippen molar-refractivity contribution in [2.75, 3.05) is 11.1 Å². The average molecular weight is 470 g/mol. The van der Waals surface area contributed by atoms with Gasteiger partial charge in [-0.15, -0.1) is 0 Å². The van der Waals surface area contributed by atoms with Crippen LogP contribution in [0.1, 0.15) is 34.1 Å². The summed E-state index contributed by atoms with van der Waals surface area (Å²) in [7, 11) is 0. The van der Waals surface area contributed by atoms with Crippen molar-refractivity contribution in [3.8, 4) is 5.69 Å². The van der Waals surface area contributed by atoms with E-state index >= 15 is 0 Å². The number of hydrogen-bond donors (Lipinski definition) is 3. The molecule has 2 aromatic carbocycles. The summed E-state index contributed by atoms with van der Waals surface area (Å²) in [5.74, 6) is -0.592. The maximum atomic E-state index is 13.1. The Morgan fingerprint density at radius 3 is 2.53 bits per heavy atom. The van der Waals surface area contributed by atoms with Crippen LogP contribution in [-0.2, 0) is 11.0 Å². The molecular weight excluding hydrogens is 449 g/mol. The van der Waals surface area contributed by atoms with Crippen molar-refractivity contribution in [2.45, 2.75) is 33.1 Å². The number of amides is 1. The van der Waals surface area contributed by atoms with Crippen LogP contribution in [0.15, 0.2) is 42.7 Å². The number of aliphatic hydroxyl groups excluding tert-OH is 1. The van der Waals surface area contributed by atoms with E-state index in [-0.39, 0.29) is 16.9 Å². The lowest BCUT2D eigenvalue weighted by atomic mass is 10.0. The molecule has 1 amide bonds. The Kier molecular flexibility index (Phi) is 5.74. The number of hydrogen-bond acceptors (Lipinski definition) is 6. The molecule has 176 valence electrons. The zero-order chi connectivity index (χ0) is 24.8. The van der Waals surface area contributed by atoms with E-state index in [4.69, 9.17) is 5.73 Å². The Morgan fingerprint density at radius 1 is 1.12 bits per heavy atom. The van der Waals surface area contributed by atoms with Gasteiger partial charge in [-0.3, -0.25) is 4.79 Å². The van der Waals surface area contributed by atoms with Crippen LogP contribution in [-0.4, -0.2) is 30.8 Å². The molecule has 0 aliphatic heterocycles. The number of nitrogens with zero attached hydrogens (tertiary/aromatic N) is 4. The minimum atomic E-state index is -4.59. The molecule has 0 bridgehead atoms. The Hall–Kier alpha value is -3.99. The quantitative estimate of drug-likeness (QED) is 0.415. The predicted octanol–water partition coefficient (Wildman–Crippen LogP) is 4.01. The highest BCUT2D eigenvalue weighted by atomic mass is 19.4. The summed E-state index contributed by atoms with van der Waals surface area (Å²) < 4.78 is 40.9. The second kappa shape index (κ2) is 8.41. The molecule has 1 atom stereocenters. The first-order valence-corrected chi connectivity index (χ1v) is 10.2. The van der Waals surface area contributed by atoms with Crippen LogP contribution >= 0.6 is 0 Å². The summed E-state index contributed by atoms with van der Waals surface area (Å²) in [6.45, 7) is 5.05. The fourth-order valence-corrected chi connectivity index (χ4v) is 3.75. The number of rotatable bonds is 4. The zero-order valence-electron chi connectivity index (χ0n) is 18.5. The highest BCUT2D eigenvalue weighted by molar-refractivity contribution is 5.95. The van der Waals surface area contributed by atoms with E-state index in [1.165, 1.54) is 19.3 Å². The first-order chi connectivity index (χ1) is 16.0. The van der Waals surface area contributed by atoms with E-state index < -0.39 is 23.8 Å². The van der Waals surface area contributed by atoms with Gasteiger partial charge in [-0.25, -0.2) is 14.6 Å². The van der Waals surface area contributed by atoms with Crippen molar-refractivity contribution in [2.24, 2.45) is 0 Å². The SMILES string of the molecule is Cc1cc([C@@H](O)C(=O)Nc2ccc(-n3nc(C)c4ncnc(N)c43)c(C)c2)cc(C(F)(F)F)c1. The Bertz CT molecular complexity index is 1410. The van der Waals surface area contributed by atoms with Gasteiger partial charge in [0.15, 0.2) is 11.9 Å². The third-order valence-corrected chi connectivity index (χ3v) is 5.34. The number of aromatic nitrogens is 4. The first kappa shape index (κ1) is 23.2. The number of carbonyl (C=O) groups excluding carboxylic acids is 1. The summed E-state index contributed by atoms with van der Waals surface area (Å²) in [5, 5.41) is 17.4. The smallest absolute Gasteiger partial charge is 0.382 e. The monoisotopic (exact) mass is 470 g/mol. The summed E-state index contributed by atoms with van der Waals surface area (Å²) >= 11 is 0. The molecule has 34 heavy (non-hydrogen) atoms. The number of anilines is 2. The third kappa shape index (κ3) is 4.29. The van der Waals surface area contributed by atoms with Gasteiger partial charge in [0.05, 0.1) is 16.9 Å². The number of nitrogens with two attached hydrogens (primary N) is 1. The molecule has 0 saturated heterocycles. The van der Waals surface area contributed by atoms with Gasteiger partial charge >= 0.3 is 6.18 Å². The van der Waals surface area contributed by atoms with Gasteiger partial charge in [-0.2, -0.15) is 18.3 Å². The number of alkyl halides is 3. The minimum Gasteiger partial charge on any atom is -0.382 e. The van der Waals surface area contributed by atoms with Crippen molar-refractivity contribution in [1.29, 1.82) is 0 Å². The van der Waals surface area contributed by atoms with Crippen LogP contribution in [0.5, 0.6) is 0 Å². The molecule has 4 aromatic rings. The number of halogens is 3. The largest absolute Gasteiger partial charge is 0.416 e. The molecule has 0 aliphatic carbocycles. The molecule has 8 nitrogen and oxygen atoms in total. The minimum absolute atomic E-state index is 0.146. The maximum Gasteiger partial charge on any atom is 0.416 e. The number of nitrogen functional groups attached to an aromatic ring is 1. The fourth-order valence-electron chi connectivity index (χ4n) is 3.75. The summed E-state index contributed by atoms with van der Waals surface area (Å²) in [4.78, 5) is 20.8. The van der Waals surface area contributed by atoms with Gasteiger partial charge in [0.1, 0.15) is 17.4 Å². The lowest BCUT2D eigenvalue weighted by Gasteiger charge is -2.16. The van der Waals surface area contributed by atoms with E-state index in [1.54, 1.807) is 36.7 Å². The van der Waals surface area contributed by atoms with Crippen LogP contribution in [0.4, 0.5) is 24.7 Å². The van der Waals surface area contributed by atoms with E-state index in [0.29, 0.717) is 28.1 Å². The van der Waals surface area contributed by atoms with Gasteiger partial charge in [-0.05, 0) is 62.2 Å². The summed E-state index contributed by atoms with van der Waals surface area (Å²) in [5.41, 5.74) is 8.80. The number of fused-ring (bicyclic) bond motifs is 1. The topological polar surface area (TPSA) is 119 Å². The highest BCUT2D eigenvalue weighted by Gasteiger charge is 2.32. The Labute approximate surface area is 192 Å². The van der Waals surface area contributed by atoms with Gasteiger partial charge in [0.2, 0.25) is 0 Å². The van der Waals surface area contributed by atoms with Crippen LogP contribution in [0.3, 0.4) is 0 Å². The lowest BCUT2D eigenvalue weighted by Crippen LogP contribution is -2.21. The van der Waals surface area contributed by atoms with Gasteiger partial charge < -0.3 is 16.2 Å². The number of aryl methyl sites for hydroxylation is 3. The molecule has 2 heterocycles.